The van der Waals surface area contributed by atoms with Crippen molar-refractivity contribution in [1.82, 2.24) is 0 Å². The molecule has 0 radical (unpaired) electrons. The lowest BCUT2D eigenvalue weighted by molar-refractivity contribution is -0.0513. The molecule has 0 amide bonds. The summed E-state index contributed by atoms with van der Waals surface area (Å²) in [6.07, 6.45) is 1.19. The van der Waals surface area contributed by atoms with Gasteiger partial charge >= 0.3 is 6.61 Å². The zero-order valence-electron chi connectivity index (χ0n) is 14.0. The van der Waals surface area contributed by atoms with E-state index >= 15 is 0 Å². The molecule has 0 spiro atoms. The van der Waals surface area contributed by atoms with Crippen LogP contribution in [0, 0.1) is 11.3 Å². The molecule has 0 saturated carbocycles. The number of hydrogen-bond acceptors (Lipinski definition) is 5. The molecule has 26 heavy (non-hydrogen) atoms. The van der Waals surface area contributed by atoms with E-state index in [9.17, 15) is 18.8 Å². The first-order chi connectivity index (χ1) is 12.5. The Morgan fingerprint density at radius 2 is 1.81 bits per heavy atom. The van der Waals surface area contributed by atoms with Gasteiger partial charge in [0.05, 0.1) is 14.2 Å². The Balaban J connectivity index is 2.44. The molecule has 2 aromatic rings. The number of Topliss-reactive ketones (excluding diaryl/α,β-unsaturated/α-hetero) is 1. The van der Waals surface area contributed by atoms with Gasteiger partial charge < -0.3 is 14.2 Å². The van der Waals surface area contributed by atoms with Crippen LogP contribution in [0.1, 0.15) is 15.9 Å². The number of ether oxygens (including phenoxy) is 3. The maximum absolute atomic E-state index is 12.7. The number of hydrogen-bond donors (Lipinski definition) is 0. The van der Waals surface area contributed by atoms with Crippen molar-refractivity contribution in [3.63, 3.8) is 0 Å². The minimum atomic E-state index is -3.08. The molecule has 0 aromatic heterocycles. The average molecular weight is 359 g/mol. The van der Waals surface area contributed by atoms with Crippen molar-refractivity contribution < 1.29 is 27.8 Å². The molecule has 134 valence electrons. The normalized spacial score (nSPS) is 11.0. The smallest absolute Gasteiger partial charge is 0.387 e. The largest absolute Gasteiger partial charge is 0.497 e. The highest BCUT2D eigenvalue weighted by Crippen LogP contribution is 2.34. The van der Waals surface area contributed by atoms with E-state index in [1.54, 1.807) is 18.2 Å². The highest BCUT2D eigenvalue weighted by molar-refractivity contribution is 6.14. The molecule has 0 N–H and O–H groups in total. The standard InChI is InChI=1S/C19H15F2NO4/c1-24-15-8-6-12(7-9-15)17(23)14(11-22)10-13-4-3-5-16(25-2)18(13)26-19(20)21/h3-10,19H,1-2H3/b14-10+. The molecule has 0 aliphatic heterocycles. The fraction of sp³-hybridized carbons (Fsp3) is 0.158. The SMILES string of the molecule is COc1ccc(C(=O)/C(C#N)=C/c2cccc(OC)c2OC(F)F)cc1. The number of para-hydroxylation sites is 1. The molecule has 0 unspecified atom stereocenters. The van der Waals surface area contributed by atoms with E-state index in [0.717, 1.165) is 0 Å². The minimum absolute atomic E-state index is 0.0632. The third kappa shape index (κ3) is 4.36. The van der Waals surface area contributed by atoms with Crippen LogP contribution in [0.4, 0.5) is 8.78 Å². The lowest BCUT2D eigenvalue weighted by atomic mass is 10.0. The van der Waals surface area contributed by atoms with Gasteiger partial charge in [-0.2, -0.15) is 14.0 Å². The van der Waals surface area contributed by atoms with Gasteiger partial charge in [-0.25, -0.2) is 0 Å². The summed E-state index contributed by atoms with van der Waals surface area (Å²) in [4.78, 5) is 12.5. The summed E-state index contributed by atoms with van der Waals surface area (Å²) in [5.41, 5.74) is 0.156. The second-order valence-electron chi connectivity index (χ2n) is 4.98. The van der Waals surface area contributed by atoms with E-state index in [1.807, 2.05) is 0 Å². The molecular formula is C19H15F2NO4. The fourth-order valence-corrected chi connectivity index (χ4v) is 2.22. The van der Waals surface area contributed by atoms with E-state index in [-0.39, 0.29) is 28.2 Å². The summed E-state index contributed by atoms with van der Waals surface area (Å²) in [6, 6.07) is 12.4. The molecule has 5 nitrogen and oxygen atoms in total. The number of nitrogens with zero attached hydrogens (tertiary/aromatic N) is 1. The van der Waals surface area contributed by atoms with Gasteiger partial charge in [0.15, 0.2) is 11.5 Å². The molecular weight excluding hydrogens is 344 g/mol. The lowest BCUT2D eigenvalue weighted by Gasteiger charge is -2.12. The maximum Gasteiger partial charge on any atom is 0.387 e. The van der Waals surface area contributed by atoms with Crippen LogP contribution >= 0.6 is 0 Å². The van der Waals surface area contributed by atoms with Crippen LogP contribution in [0.25, 0.3) is 6.08 Å². The Hall–Kier alpha value is -3.40. The highest BCUT2D eigenvalue weighted by atomic mass is 19.3. The maximum atomic E-state index is 12.7. The highest BCUT2D eigenvalue weighted by Gasteiger charge is 2.17. The molecule has 0 aliphatic rings. The number of benzene rings is 2. The Morgan fingerprint density at radius 1 is 1.12 bits per heavy atom. The predicted molar refractivity (Wildman–Crippen MR) is 90.5 cm³/mol. The van der Waals surface area contributed by atoms with Crippen molar-refractivity contribution in [2.24, 2.45) is 0 Å². The van der Waals surface area contributed by atoms with Gasteiger partial charge in [0.1, 0.15) is 17.4 Å². The fourth-order valence-electron chi connectivity index (χ4n) is 2.22. The number of carbonyl (C=O) groups is 1. The molecule has 0 fully saturated rings. The van der Waals surface area contributed by atoms with Crippen LogP contribution in [-0.4, -0.2) is 26.6 Å². The molecule has 2 rings (SSSR count). The van der Waals surface area contributed by atoms with Crippen LogP contribution < -0.4 is 14.2 Å². The second-order valence-corrected chi connectivity index (χ2v) is 4.98. The first kappa shape index (κ1) is 18.9. The number of allylic oxidation sites excluding steroid dienone is 1. The molecule has 2 aromatic carbocycles. The summed E-state index contributed by atoms with van der Waals surface area (Å²) >= 11 is 0. The zero-order valence-corrected chi connectivity index (χ0v) is 14.0. The van der Waals surface area contributed by atoms with Crippen molar-refractivity contribution in [2.45, 2.75) is 6.61 Å². The number of alkyl halides is 2. The van der Waals surface area contributed by atoms with Crippen molar-refractivity contribution in [1.29, 1.82) is 5.26 Å². The van der Waals surface area contributed by atoms with Crippen LogP contribution in [0.2, 0.25) is 0 Å². The van der Waals surface area contributed by atoms with Crippen molar-refractivity contribution in [3.8, 4) is 23.3 Å². The van der Waals surface area contributed by atoms with Crippen molar-refractivity contribution in [2.75, 3.05) is 14.2 Å². The lowest BCUT2D eigenvalue weighted by Crippen LogP contribution is -2.06. The summed E-state index contributed by atoms with van der Waals surface area (Å²) in [7, 11) is 2.79. The van der Waals surface area contributed by atoms with Gasteiger partial charge in [-0.3, -0.25) is 4.79 Å². The Labute approximate surface area is 149 Å². The first-order valence-electron chi connectivity index (χ1n) is 7.42. The van der Waals surface area contributed by atoms with Crippen LogP contribution in [0.5, 0.6) is 17.2 Å². The monoisotopic (exact) mass is 359 g/mol. The van der Waals surface area contributed by atoms with Gasteiger partial charge in [0, 0.05) is 11.1 Å². The van der Waals surface area contributed by atoms with Gasteiger partial charge in [-0.05, 0) is 36.4 Å². The van der Waals surface area contributed by atoms with Crippen LogP contribution in [0.15, 0.2) is 48.0 Å². The second kappa shape index (κ2) is 8.62. The van der Waals surface area contributed by atoms with E-state index < -0.39 is 12.4 Å². The number of methoxy groups -OCH3 is 2. The predicted octanol–water partition coefficient (Wildman–Crippen LogP) is 4.10. The third-order valence-electron chi connectivity index (χ3n) is 3.45. The number of nitriles is 1. The number of halogens is 2. The summed E-state index contributed by atoms with van der Waals surface area (Å²) < 4.78 is 39.9. The third-order valence-corrected chi connectivity index (χ3v) is 3.45. The first-order valence-corrected chi connectivity index (χ1v) is 7.42. The summed E-state index contributed by atoms with van der Waals surface area (Å²) in [5, 5.41) is 9.34. The van der Waals surface area contributed by atoms with Crippen molar-refractivity contribution >= 4 is 11.9 Å². The van der Waals surface area contributed by atoms with Crippen molar-refractivity contribution in [3.05, 3.63) is 59.2 Å². The molecule has 0 heterocycles. The average Bonchev–Trinajstić information content (AvgIpc) is 2.66. The van der Waals surface area contributed by atoms with Gasteiger partial charge in [-0.15, -0.1) is 0 Å². The topological polar surface area (TPSA) is 68.6 Å². The van der Waals surface area contributed by atoms with Crippen LogP contribution in [0.3, 0.4) is 0 Å². The van der Waals surface area contributed by atoms with E-state index in [2.05, 4.69) is 4.74 Å². The quantitative estimate of drug-likeness (QED) is 0.423. The number of ketones is 1. The van der Waals surface area contributed by atoms with Gasteiger partial charge in [0.25, 0.3) is 0 Å². The minimum Gasteiger partial charge on any atom is -0.497 e. The van der Waals surface area contributed by atoms with E-state index in [4.69, 9.17) is 9.47 Å². The molecule has 0 atom stereocenters. The van der Waals surface area contributed by atoms with Gasteiger partial charge in [-0.1, -0.05) is 12.1 Å². The zero-order chi connectivity index (χ0) is 19.1. The molecule has 0 aliphatic carbocycles. The van der Waals surface area contributed by atoms with Gasteiger partial charge in [0.2, 0.25) is 5.78 Å². The van der Waals surface area contributed by atoms with E-state index in [0.29, 0.717) is 5.75 Å². The Bertz CT molecular complexity index is 855. The summed E-state index contributed by atoms with van der Waals surface area (Å²) in [6.45, 7) is -3.08. The number of carbonyl (C=O) groups excluding carboxylic acids is 1. The van der Waals surface area contributed by atoms with E-state index in [1.165, 1.54) is 50.6 Å². The van der Waals surface area contributed by atoms with Crippen LogP contribution in [-0.2, 0) is 0 Å². The Morgan fingerprint density at radius 3 is 2.35 bits per heavy atom. The molecule has 0 bridgehead atoms. The molecule has 7 heteroatoms. The molecule has 0 saturated heterocycles. The Kier molecular flexibility index (Phi) is 6.28. The summed E-state index contributed by atoms with van der Waals surface area (Å²) in [5.74, 6) is -0.182. The number of rotatable bonds is 7.